The maximum atomic E-state index is 10.4. The molecule has 0 bridgehead atoms. The van der Waals surface area contributed by atoms with Crippen LogP contribution in [0.1, 0.15) is 19.3 Å². The molecule has 0 saturated carbocycles. The number of carbonyl (C=O) groups is 1. The van der Waals surface area contributed by atoms with E-state index in [4.69, 9.17) is 5.11 Å². The minimum absolute atomic E-state index is 0.243. The molecule has 0 aliphatic carbocycles. The van der Waals surface area contributed by atoms with Gasteiger partial charge in [-0.1, -0.05) is 6.58 Å². The summed E-state index contributed by atoms with van der Waals surface area (Å²) in [7, 11) is 2.12. The second kappa shape index (κ2) is 5.75. The molecule has 1 rings (SSSR count). The van der Waals surface area contributed by atoms with Gasteiger partial charge in [0.15, 0.2) is 0 Å². The molecule has 4 heteroatoms. The molecule has 0 unspecified atom stereocenters. The normalized spacial score (nSPS) is 17.8. The molecule has 1 heterocycles. The Balaban J connectivity index is 2.19. The third-order valence-corrected chi connectivity index (χ3v) is 2.81. The number of carboxylic acids is 1. The zero-order valence-electron chi connectivity index (χ0n) is 9.41. The molecule has 0 aromatic rings. The minimum Gasteiger partial charge on any atom is -0.481 e. The van der Waals surface area contributed by atoms with Gasteiger partial charge in [-0.15, -0.1) is 0 Å². The number of piperazine rings is 1. The van der Waals surface area contributed by atoms with E-state index in [9.17, 15) is 4.79 Å². The monoisotopic (exact) mass is 212 g/mol. The van der Waals surface area contributed by atoms with Crippen LogP contribution in [0.5, 0.6) is 0 Å². The summed E-state index contributed by atoms with van der Waals surface area (Å²) in [6.45, 7) is 8.18. The Morgan fingerprint density at radius 3 is 2.40 bits per heavy atom. The van der Waals surface area contributed by atoms with Crippen molar-refractivity contribution in [2.45, 2.75) is 19.3 Å². The van der Waals surface area contributed by atoms with Gasteiger partial charge in [0.25, 0.3) is 0 Å². The van der Waals surface area contributed by atoms with Crippen LogP contribution in [0.2, 0.25) is 0 Å². The second-order valence-electron chi connectivity index (χ2n) is 4.10. The first kappa shape index (κ1) is 12.0. The van der Waals surface area contributed by atoms with Crippen molar-refractivity contribution in [3.8, 4) is 0 Å². The number of likely N-dealkylation sites (N-methyl/N-ethyl adjacent to an activating group) is 1. The highest BCUT2D eigenvalue weighted by Crippen LogP contribution is 2.13. The lowest BCUT2D eigenvalue weighted by Crippen LogP contribution is -2.43. The fourth-order valence-electron chi connectivity index (χ4n) is 1.72. The molecular formula is C11H20N2O2. The van der Waals surface area contributed by atoms with Crippen LogP contribution in [-0.2, 0) is 4.79 Å². The maximum Gasteiger partial charge on any atom is 0.303 e. The molecule has 15 heavy (non-hydrogen) atoms. The first-order valence-electron chi connectivity index (χ1n) is 5.42. The number of carboxylic acid groups (broad SMARTS) is 1. The van der Waals surface area contributed by atoms with E-state index in [1.165, 1.54) is 0 Å². The van der Waals surface area contributed by atoms with Gasteiger partial charge in [-0.25, -0.2) is 0 Å². The summed E-state index contributed by atoms with van der Waals surface area (Å²) in [5.41, 5.74) is 1.09. The average Bonchev–Trinajstić information content (AvgIpc) is 2.18. The highest BCUT2D eigenvalue weighted by atomic mass is 16.4. The highest BCUT2D eigenvalue weighted by Gasteiger charge is 2.14. The Bertz CT molecular complexity index is 233. The van der Waals surface area contributed by atoms with Crippen molar-refractivity contribution in [1.82, 2.24) is 9.80 Å². The quantitative estimate of drug-likeness (QED) is 0.738. The van der Waals surface area contributed by atoms with Crippen molar-refractivity contribution in [3.63, 3.8) is 0 Å². The summed E-state index contributed by atoms with van der Waals surface area (Å²) in [6.07, 6.45) is 1.74. The van der Waals surface area contributed by atoms with E-state index < -0.39 is 5.97 Å². The molecule has 0 amide bonds. The molecule has 1 fully saturated rings. The summed E-state index contributed by atoms with van der Waals surface area (Å²) in [5.74, 6) is -0.721. The van der Waals surface area contributed by atoms with Crippen LogP contribution in [-0.4, -0.2) is 54.1 Å². The molecule has 0 atom stereocenters. The molecule has 0 spiro atoms. The number of allylic oxidation sites excluding steroid dienone is 1. The molecular weight excluding hydrogens is 192 g/mol. The predicted octanol–water partition coefficient (Wildman–Crippen LogP) is 1.00. The first-order chi connectivity index (χ1) is 7.09. The van der Waals surface area contributed by atoms with Gasteiger partial charge in [-0.3, -0.25) is 4.79 Å². The zero-order valence-corrected chi connectivity index (χ0v) is 9.41. The number of aliphatic carboxylic acids is 1. The smallest absolute Gasteiger partial charge is 0.303 e. The van der Waals surface area contributed by atoms with E-state index >= 15 is 0 Å². The van der Waals surface area contributed by atoms with Crippen molar-refractivity contribution in [2.24, 2.45) is 0 Å². The largest absolute Gasteiger partial charge is 0.481 e. The molecule has 0 aromatic carbocycles. The molecule has 0 aromatic heterocycles. The Morgan fingerprint density at radius 1 is 1.27 bits per heavy atom. The molecule has 1 N–H and O–H groups in total. The standard InChI is InChI=1S/C11H20N2O2/c1-10(4-3-5-11(14)15)13-8-6-12(2)7-9-13/h1,3-9H2,2H3,(H,14,15). The Kier molecular flexibility index (Phi) is 4.62. The Hall–Kier alpha value is -1.03. The van der Waals surface area contributed by atoms with Crippen LogP contribution in [0.3, 0.4) is 0 Å². The Morgan fingerprint density at radius 2 is 1.87 bits per heavy atom. The lowest BCUT2D eigenvalue weighted by molar-refractivity contribution is -0.137. The van der Waals surface area contributed by atoms with Gasteiger partial charge in [0, 0.05) is 38.3 Å². The van der Waals surface area contributed by atoms with Gasteiger partial charge >= 0.3 is 5.97 Å². The topological polar surface area (TPSA) is 43.8 Å². The molecule has 0 radical (unpaired) electrons. The first-order valence-corrected chi connectivity index (χ1v) is 5.42. The number of rotatable bonds is 5. The van der Waals surface area contributed by atoms with Gasteiger partial charge in [-0.05, 0) is 19.9 Å². The van der Waals surface area contributed by atoms with Crippen LogP contribution in [0.25, 0.3) is 0 Å². The summed E-state index contributed by atoms with van der Waals surface area (Å²) < 4.78 is 0. The van der Waals surface area contributed by atoms with Crippen LogP contribution in [0, 0.1) is 0 Å². The van der Waals surface area contributed by atoms with Crippen molar-refractivity contribution in [1.29, 1.82) is 0 Å². The fraction of sp³-hybridized carbons (Fsp3) is 0.727. The maximum absolute atomic E-state index is 10.4. The zero-order chi connectivity index (χ0) is 11.3. The number of hydrogen-bond acceptors (Lipinski definition) is 3. The highest BCUT2D eigenvalue weighted by molar-refractivity contribution is 5.66. The van der Waals surface area contributed by atoms with E-state index in [1.807, 2.05) is 0 Å². The van der Waals surface area contributed by atoms with Gasteiger partial charge in [0.2, 0.25) is 0 Å². The number of nitrogens with zero attached hydrogens (tertiary/aromatic N) is 2. The van der Waals surface area contributed by atoms with Crippen LogP contribution < -0.4 is 0 Å². The van der Waals surface area contributed by atoms with Crippen molar-refractivity contribution < 1.29 is 9.90 Å². The van der Waals surface area contributed by atoms with Gasteiger partial charge in [-0.2, -0.15) is 0 Å². The third-order valence-electron chi connectivity index (χ3n) is 2.81. The number of hydrogen-bond donors (Lipinski definition) is 1. The lowest BCUT2D eigenvalue weighted by Gasteiger charge is -2.35. The summed E-state index contributed by atoms with van der Waals surface area (Å²) >= 11 is 0. The van der Waals surface area contributed by atoms with E-state index in [0.29, 0.717) is 6.42 Å². The third kappa shape index (κ3) is 4.34. The van der Waals surface area contributed by atoms with Crippen LogP contribution in [0.15, 0.2) is 12.3 Å². The molecule has 1 aliphatic rings. The molecule has 1 aliphatic heterocycles. The molecule has 86 valence electrons. The second-order valence-corrected chi connectivity index (χ2v) is 4.10. The van der Waals surface area contributed by atoms with E-state index in [-0.39, 0.29) is 6.42 Å². The fourth-order valence-corrected chi connectivity index (χ4v) is 1.72. The van der Waals surface area contributed by atoms with Crippen LogP contribution >= 0.6 is 0 Å². The van der Waals surface area contributed by atoms with Crippen molar-refractivity contribution in [2.75, 3.05) is 33.2 Å². The summed E-state index contributed by atoms with van der Waals surface area (Å²) in [6, 6.07) is 0. The summed E-state index contributed by atoms with van der Waals surface area (Å²) in [4.78, 5) is 14.9. The van der Waals surface area contributed by atoms with E-state index in [0.717, 1.165) is 38.3 Å². The minimum atomic E-state index is -0.721. The van der Waals surface area contributed by atoms with Gasteiger partial charge in [0.05, 0.1) is 0 Å². The molecule has 1 saturated heterocycles. The van der Waals surface area contributed by atoms with Gasteiger partial charge in [0.1, 0.15) is 0 Å². The van der Waals surface area contributed by atoms with Crippen molar-refractivity contribution >= 4 is 5.97 Å². The van der Waals surface area contributed by atoms with Gasteiger partial charge < -0.3 is 14.9 Å². The Labute approximate surface area is 91.2 Å². The predicted molar refractivity (Wildman–Crippen MR) is 59.7 cm³/mol. The molecule has 4 nitrogen and oxygen atoms in total. The summed E-state index contributed by atoms with van der Waals surface area (Å²) in [5, 5.41) is 8.52. The van der Waals surface area contributed by atoms with E-state index in [2.05, 4.69) is 23.4 Å². The van der Waals surface area contributed by atoms with Crippen molar-refractivity contribution in [3.05, 3.63) is 12.3 Å². The lowest BCUT2D eigenvalue weighted by atomic mass is 10.1. The SMILES string of the molecule is C=C(CCCC(=O)O)N1CCN(C)CC1. The van der Waals surface area contributed by atoms with E-state index in [1.54, 1.807) is 0 Å². The average molecular weight is 212 g/mol. The van der Waals surface area contributed by atoms with Crippen LogP contribution in [0.4, 0.5) is 0 Å².